The van der Waals surface area contributed by atoms with Gasteiger partial charge in [0.05, 0.1) is 0 Å². The molecule has 1 heterocycles. The number of guanidine groups is 1. The van der Waals surface area contributed by atoms with Crippen molar-refractivity contribution in [1.29, 1.82) is 0 Å². The third kappa shape index (κ3) is 7.45. The second kappa shape index (κ2) is 12.3. The predicted octanol–water partition coefficient (Wildman–Crippen LogP) is 2.12. The summed E-state index contributed by atoms with van der Waals surface area (Å²) in [6.45, 7) is 5.41. The van der Waals surface area contributed by atoms with E-state index in [1.807, 2.05) is 32.0 Å². The number of hydrogen-bond acceptors (Lipinski definition) is 5. The lowest BCUT2D eigenvalue weighted by molar-refractivity contribution is 0.0963. The first-order valence-corrected chi connectivity index (χ1v) is 9.11. The van der Waals surface area contributed by atoms with Gasteiger partial charge in [-0.1, -0.05) is 31.1 Å². The van der Waals surface area contributed by atoms with Crippen molar-refractivity contribution in [2.45, 2.75) is 32.6 Å². The van der Waals surface area contributed by atoms with Gasteiger partial charge in [-0.3, -0.25) is 9.79 Å². The molecular formula is C19H29IN6O2. The van der Waals surface area contributed by atoms with Crippen molar-refractivity contribution in [2.24, 2.45) is 4.99 Å². The first kappa shape index (κ1) is 23.9. The molecule has 0 aliphatic heterocycles. The zero-order chi connectivity index (χ0) is 19.6. The lowest BCUT2D eigenvalue weighted by Crippen LogP contribution is -2.39. The number of halogens is 1. The van der Waals surface area contributed by atoms with E-state index < -0.39 is 0 Å². The number of carbonyl (C=O) groups excluding carboxylic acids is 1. The summed E-state index contributed by atoms with van der Waals surface area (Å²) in [4.78, 5) is 20.3. The van der Waals surface area contributed by atoms with Gasteiger partial charge in [0.1, 0.15) is 0 Å². The van der Waals surface area contributed by atoms with Crippen LogP contribution in [0.5, 0.6) is 0 Å². The monoisotopic (exact) mass is 500 g/mol. The van der Waals surface area contributed by atoms with Gasteiger partial charge in [-0.05, 0) is 24.1 Å². The Hall–Kier alpha value is -2.17. The Morgan fingerprint density at radius 2 is 1.93 bits per heavy atom. The smallest absolute Gasteiger partial charge is 0.251 e. The van der Waals surface area contributed by atoms with Crippen molar-refractivity contribution in [1.82, 2.24) is 26.1 Å². The number of benzene rings is 1. The van der Waals surface area contributed by atoms with Crippen LogP contribution in [0.2, 0.25) is 0 Å². The summed E-state index contributed by atoms with van der Waals surface area (Å²) in [5.41, 5.74) is 1.75. The van der Waals surface area contributed by atoms with Crippen LogP contribution in [-0.4, -0.2) is 49.2 Å². The summed E-state index contributed by atoms with van der Waals surface area (Å²) in [5, 5.41) is 13.1. The Labute approximate surface area is 183 Å². The van der Waals surface area contributed by atoms with Crippen molar-refractivity contribution in [3.63, 3.8) is 0 Å². The zero-order valence-corrected chi connectivity index (χ0v) is 19.1. The van der Waals surface area contributed by atoms with Crippen LogP contribution in [0.4, 0.5) is 0 Å². The number of amides is 1. The zero-order valence-electron chi connectivity index (χ0n) is 16.8. The van der Waals surface area contributed by atoms with Crippen LogP contribution in [0.1, 0.15) is 47.4 Å². The van der Waals surface area contributed by atoms with E-state index in [1.165, 1.54) is 0 Å². The number of carbonyl (C=O) groups is 1. The molecule has 0 unspecified atom stereocenters. The van der Waals surface area contributed by atoms with E-state index >= 15 is 0 Å². The van der Waals surface area contributed by atoms with Gasteiger partial charge >= 0.3 is 0 Å². The fraction of sp³-hybridized carbons (Fsp3) is 0.474. The number of nitrogens with zero attached hydrogens (tertiary/aromatic N) is 3. The number of hydrogen-bond donors (Lipinski definition) is 3. The molecule has 9 heteroatoms. The van der Waals surface area contributed by atoms with Gasteiger partial charge in [0.25, 0.3) is 5.91 Å². The largest absolute Gasteiger partial charge is 0.356 e. The molecule has 8 nitrogen and oxygen atoms in total. The Balaban J connectivity index is 0.00000392. The lowest BCUT2D eigenvalue weighted by Gasteiger charge is -2.11. The summed E-state index contributed by atoms with van der Waals surface area (Å²) < 4.78 is 5.23. The summed E-state index contributed by atoms with van der Waals surface area (Å²) in [7, 11) is 3.36. The molecule has 0 saturated heterocycles. The maximum Gasteiger partial charge on any atom is 0.251 e. The highest BCUT2D eigenvalue weighted by atomic mass is 127. The van der Waals surface area contributed by atoms with Gasteiger partial charge in [-0.15, -0.1) is 24.0 Å². The minimum atomic E-state index is -0.0797. The third-order valence-corrected chi connectivity index (χ3v) is 3.98. The van der Waals surface area contributed by atoms with Gasteiger partial charge in [0, 0.05) is 45.1 Å². The molecule has 3 N–H and O–H groups in total. The van der Waals surface area contributed by atoms with E-state index in [2.05, 4.69) is 31.1 Å². The molecule has 0 bridgehead atoms. The number of nitrogens with one attached hydrogen (secondary N) is 3. The molecule has 0 radical (unpaired) electrons. The number of aliphatic imine (C=N–C) groups is 1. The molecule has 0 fully saturated rings. The molecule has 154 valence electrons. The summed E-state index contributed by atoms with van der Waals surface area (Å²) in [6, 6.07) is 7.60. The van der Waals surface area contributed by atoms with Crippen molar-refractivity contribution in [2.75, 3.05) is 27.2 Å². The van der Waals surface area contributed by atoms with Gasteiger partial charge in [-0.25, -0.2) is 0 Å². The molecule has 0 spiro atoms. The van der Waals surface area contributed by atoms with Crippen LogP contribution in [-0.2, 0) is 12.8 Å². The summed E-state index contributed by atoms with van der Waals surface area (Å²) >= 11 is 0. The molecule has 1 amide bonds. The van der Waals surface area contributed by atoms with E-state index in [0.29, 0.717) is 36.9 Å². The van der Waals surface area contributed by atoms with E-state index in [0.717, 1.165) is 17.8 Å². The SMILES string of the molecule is CN=C(NCCc1cccc(C(=O)NC)c1)NCCc1nc(C(C)C)no1.I. The predicted molar refractivity (Wildman–Crippen MR) is 120 cm³/mol. The van der Waals surface area contributed by atoms with Crippen LogP contribution in [0.25, 0.3) is 0 Å². The Kier molecular flexibility index (Phi) is 10.5. The maximum atomic E-state index is 11.7. The summed E-state index contributed by atoms with van der Waals surface area (Å²) in [6.07, 6.45) is 1.42. The highest BCUT2D eigenvalue weighted by Gasteiger charge is 2.09. The van der Waals surface area contributed by atoms with Gasteiger partial charge in [0.2, 0.25) is 5.89 Å². The summed E-state index contributed by atoms with van der Waals surface area (Å²) in [5.74, 6) is 2.23. The minimum absolute atomic E-state index is 0. The van der Waals surface area contributed by atoms with E-state index in [1.54, 1.807) is 20.2 Å². The van der Waals surface area contributed by atoms with Crippen molar-refractivity contribution in [3.8, 4) is 0 Å². The number of rotatable bonds is 8. The number of aromatic nitrogens is 2. The lowest BCUT2D eigenvalue weighted by atomic mass is 10.1. The molecular weight excluding hydrogens is 471 g/mol. The third-order valence-electron chi connectivity index (χ3n) is 3.98. The van der Waals surface area contributed by atoms with Crippen LogP contribution < -0.4 is 16.0 Å². The van der Waals surface area contributed by atoms with Crippen molar-refractivity contribution in [3.05, 3.63) is 47.1 Å². The van der Waals surface area contributed by atoms with Crippen LogP contribution >= 0.6 is 24.0 Å². The van der Waals surface area contributed by atoms with Gasteiger partial charge in [-0.2, -0.15) is 4.98 Å². The topological polar surface area (TPSA) is 104 Å². The van der Waals surface area contributed by atoms with Crippen LogP contribution in [0.3, 0.4) is 0 Å². The fourth-order valence-electron chi connectivity index (χ4n) is 2.45. The average molecular weight is 500 g/mol. The van der Waals surface area contributed by atoms with Crippen LogP contribution in [0.15, 0.2) is 33.8 Å². The highest BCUT2D eigenvalue weighted by Crippen LogP contribution is 2.09. The first-order chi connectivity index (χ1) is 13.0. The molecule has 0 aliphatic rings. The quantitative estimate of drug-likeness (QED) is 0.292. The van der Waals surface area contributed by atoms with Gasteiger partial charge in [0.15, 0.2) is 11.8 Å². The normalized spacial score (nSPS) is 11.1. The second-order valence-electron chi connectivity index (χ2n) is 6.41. The first-order valence-electron chi connectivity index (χ1n) is 9.11. The van der Waals surface area contributed by atoms with E-state index in [-0.39, 0.29) is 35.8 Å². The van der Waals surface area contributed by atoms with E-state index in [4.69, 9.17) is 4.52 Å². The molecule has 0 saturated carbocycles. The van der Waals surface area contributed by atoms with Crippen LogP contribution in [0, 0.1) is 0 Å². The molecule has 0 atom stereocenters. The van der Waals surface area contributed by atoms with E-state index in [9.17, 15) is 4.79 Å². The molecule has 1 aromatic heterocycles. The minimum Gasteiger partial charge on any atom is -0.356 e. The fourth-order valence-corrected chi connectivity index (χ4v) is 2.45. The second-order valence-corrected chi connectivity index (χ2v) is 6.41. The Morgan fingerprint density at radius 1 is 1.21 bits per heavy atom. The highest BCUT2D eigenvalue weighted by molar-refractivity contribution is 14.0. The Morgan fingerprint density at radius 3 is 2.54 bits per heavy atom. The molecule has 1 aromatic carbocycles. The Bertz CT molecular complexity index is 775. The standard InChI is InChI=1S/C19H28N6O2.HI/c1-13(2)17-24-16(27-25-17)9-11-23-19(21-4)22-10-8-14-6-5-7-15(12-14)18(26)20-3;/h5-7,12-13H,8-11H2,1-4H3,(H,20,26)(H2,21,22,23);1H. The van der Waals surface area contributed by atoms with Crippen molar-refractivity contribution >= 4 is 35.8 Å². The molecule has 2 aromatic rings. The maximum absolute atomic E-state index is 11.7. The molecule has 2 rings (SSSR count). The molecule has 0 aliphatic carbocycles. The molecule has 28 heavy (non-hydrogen) atoms. The van der Waals surface area contributed by atoms with Crippen molar-refractivity contribution < 1.29 is 9.32 Å². The average Bonchev–Trinajstić information content (AvgIpc) is 3.15. The van der Waals surface area contributed by atoms with Gasteiger partial charge < -0.3 is 20.5 Å².